The molecule has 3 atom stereocenters. The lowest BCUT2D eigenvalue weighted by atomic mass is 9.76. The van der Waals surface area contributed by atoms with Crippen LogP contribution in [0.4, 0.5) is 0 Å². The lowest BCUT2D eigenvalue weighted by Crippen LogP contribution is -2.21. The minimum Gasteiger partial charge on any atom is -0.388 e. The molecular formula is C16H23ClO. The smallest absolute Gasteiger partial charge is 0.0818 e. The Labute approximate surface area is 115 Å². The Morgan fingerprint density at radius 3 is 2.78 bits per heavy atom. The minimum absolute atomic E-state index is 0.350. The molecule has 0 aromatic heterocycles. The van der Waals surface area contributed by atoms with Crippen molar-refractivity contribution in [2.24, 2.45) is 11.8 Å². The molecule has 1 fully saturated rings. The van der Waals surface area contributed by atoms with Crippen molar-refractivity contribution in [3.63, 3.8) is 0 Å². The summed E-state index contributed by atoms with van der Waals surface area (Å²) < 4.78 is 0. The number of hydrogen-bond donors (Lipinski definition) is 1. The summed E-state index contributed by atoms with van der Waals surface area (Å²) in [5.74, 6) is 1.19. The first-order valence-corrected chi connectivity index (χ1v) is 7.43. The number of halogens is 1. The maximum atomic E-state index is 10.5. The summed E-state index contributed by atoms with van der Waals surface area (Å²) >= 11 is 6.08. The van der Waals surface area contributed by atoms with Crippen LogP contribution in [0.3, 0.4) is 0 Å². The van der Waals surface area contributed by atoms with Crippen molar-refractivity contribution in [1.29, 1.82) is 0 Å². The van der Waals surface area contributed by atoms with E-state index < -0.39 is 0 Å². The highest BCUT2D eigenvalue weighted by atomic mass is 35.5. The van der Waals surface area contributed by atoms with Gasteiger partial charge in [-0.05, 0) is 54.9 Å². The summed E-state index contributed by atoms with van der Waals surface area (Å²) in [5, 5.41) is 11.3. The fourth-order valence-corrected chi connectivity index (χ4v) is 3.50. The van der Waals surface area contributed by atoms with Gasteiger partial charge >= 0.3 is 0 Å². The van der Waals surface area contributed by atoms with Crippen molar-refractivity contribution in [2.75, 3.05) is 0 Å². The van der Waals surface area contributed by atoms with Gasteiger partial charge in [0.1, 0.15) is 0 Å². The Hall–Kier alpha value is -0.530. The van der Waals surface area contributed by atoms with E-state index in [1.807, 2.05) is 19.1 Å². The number of aryl methyl sites for hydroxylation is 1. The largest absolute Gasteiger partial charge is 0.388 e. The zero-order valence-electron chi connectivity index (χ0n) is 11.3. The van der Waals surface area contributed by atoms with Gasteiger partial charge in [0.25, 0.3) is 0 Å². The van der Waals surface area contributed by atoms with Crippen LogP contribution < -0.4 is 0 Å². The monoisotopic (exact) mass is 266 g/mol. The first-order chi connectivity index (χ1) is 8.60. The molecule has 0 amide bonds. The van der Waals surface area contributed by atoms with E-state index in [1.165, 1.54) is 19.3 Å². The van der Waals surface area contributed by atoms with Crippen LogP contribution in [0.15, 0.2) is 18.2 Å². The molecule has 1 nitrogen and oxygen atoms in total. The van der Waals surface area contributed by atoms with Gasteiger partial charge in [-0.25, -0.2) is 0 Å². The van der Waals surface area contributed by atoms with E-state index >= 15 is 0 Å². The summed E-state index contributed by atoms with van der Waals surface area (Å²) in [6.45, 7) is 4.28. The maximum absolute atomic E-state index is 10.5. The molecule has 0 bridgehead atoms. The van der Waals surface area contributed by atoms with E-state index in [0.717, 1.165) is 34.9 Å². The van der Waals surface area contributed by atoms with Gasteiger partial charge in [-0.1, -0.05) is 43.9 Å². The predicted molar refractivity (Wildman–Crippen MR) is 76.9 cm³/mol. The van der Waals surface area contributed by atoms with Gasteiger partial charge < -0.3 is 5.11 Å². The maximum Gasteiger partial charge on any atom is 0.0818 e. The van der Waals surface area contributed by atoms with Gasteiger partial charge in [0, 0.05) is 5.02 Å². The molecule has 1 aliphatic rings. The molecule has 3 unspecified atom stereocenters. The zero-order chi connectivity index (χ0) is 13.1. The Morgan fingerprint density at radius 1 is 1.33 bits per heavy atom. The van der Waals surface area contributed by atoms with Crippen LogP contribution in [0.5, 0.6) is 0 Å². The van der Waals surface area contributed by atoms with Crippen LogP contribution in [0, 0.1) is 18.8 Å². The molecule has 1 saturated carbocycles. The summed E-state index contributed by atoms with van der Waals surface area (Å²) in [4.78, 5) is 0. The predicted octanol–water partition coefficient (Wildman–Crippen LogP) is 4.90. The summed E-state index contributed by atoms with van der Waals surface area (Å²) in [7, 11) is 0. The van der Waals surface area contributed by atoms with E-state index in [2.05, 4.69) is 13.0 Å². The van der Waals surface area contributed by atoms with Crippen molar-refractivity contribution in [3.8, 4) is 0 Å². The normalized spacial score (nSPS) is 26.0. The van der Waals surface area contributed by atoms with Crippen molar-refractivity contribution in [1.82, 2.24) is 0 Å². The van der Waals surface area contributed by atoms with Crippen molar-refractivity contribution < 1.29 is 5.11 Å². The standard InChI is InChI=1S/C16H23ClO/c1-3-12-5-4-6-13(9-12)16(18)14-7-11(2)8-15(17)10-14/h7-8,10,12-13,16,18H,3-6,9H2,1-2H3. The lowest BCUT2D eigenvalue weighted by molar-refractivity contribution is 0.0678. The van der Waals surface area contributed by atoms with Crippen molar-refractivity contribution >= 4 is 11.6 Å². The topological polar surface area (TPSA) is 20.2 Å². The molecule has 100 valence electrons. The van der Waals surface area contributed by atoms with E-state index in [9.17, 15) is 5.11 Å². The fourth-order valence-electron chi connectivity index (χ4n) is 3.20. The molecule has 1 aromatic rings. The molecule has 2 heteroatoms. The number of hydrogen-bond acceptors (Lipinski definition) is 1. The molecule has 1 aliphatic carbocycles. The van der Waals surface area contributed by atoms with Gasteiger partial charge in [0.2, 0.25) is 0 Å². The summed E-state index contributed by atoms with van der Waals surface area (Å²) in [5.41, 5.74) is 2.11. The Kier molecular flexibility index (Phi) is 4.69. The van der Waals surface area contributed by atoms with Gasteiger partial charge in [-0.15, -0.1) is 0 Å². The van der Waals surface area contributed by atoms with Crippen molar-refractivity contribution in [2.45, 2.75) is 52.1 Å². The summed E-state index contributed by atoms with van der Waals surface area (Å²) in [6.07, 6.45) is 5.76. The highest BCUT2D eigenvalue weighted by Crippen LogP contribution is 2.38. The van der Waals surface area contributed by atoms with Crippen LogP contribution in [0.25, 0.3) is 0 Å². The molecule has 0 saturated heterocycles. The van der Waals surface area contributed by atoms with Crippen LogP contribution in [0.1, 0.15) is 56.3 Å². The van der Waals surface area contributed by atoms with Gasteiger partial charge in [-0.2, -0.15) is 0 Å². The third-order valence-electron chi connectivity index (χ3n) is 4.25. The quantitative estimate of drug-likeness (QED) is 0.825. The third kappa shape index (κ3) is 3.27. The zero-order valence-corrected chi connectivity index (χ0v) is 12.1. The molecule has 0 radical (unpaired) electrons. The average molecular weight is 267 g/mol. The molecule has 0 aliphatic heterocycles. The summed E-state index contributed by atoms with van der Waals surface area (Å²) in [6, 6.07) is 5.91. The second kappa shape index (κ2) is 6.08. The number of aliphatic hydroxyl groups is 1. The van der Waals surface area contributed by atoms with Gasteiger partial charge in [-0.3, -0.25) is 0 Å². The highest BCUT2D eigenvalue weighted by Gasteiger charge is 2.27. The minimum atomic E-state index is -0.350. The first-order valence-electron chi connectivity index (χ1n) is 7.05. The van der Waals surface area contributed by atoms with E-state index in [4.69, 9.17) is 11.6 Å². The van der Waals surface area contributed by atoms with Gasteiger partial charge in [0.15, 0.2) is 0 Å². The Morgan fingerprint density at radius 2 is 2.11 bits per heavy atom. The van der Waals surface area contributed by atoms with E-state index in [0.29, 0.717) is 5.92 Å². The molecule has 0 spiro atoms. The van der Waals surface area contributed by atoms with Crippen LogP contribution in [0.2, 0.25) is 5.02 Å². The SMILES string of the molecule is CCC1CCCC(C(O)c2cc(C)cc(Cl)c2)C1. The Bertz CT molecular complexity index is 382. The number of rotatable bonds is 3. The van der Waals surface area contributed by atoms with Crippen LogP contribution in [-0.4, -0.2) is 5.11 Å². The van der Waals surface area contributed by atoms with E-state index in [1.54, 1.807) is 0 Å². The van der Waals surface area contributed by atoms with Crippen LogP contribution >= 0.6 is 11.6 Å². The number of benzene rings is 1. The molecule has 1 aromatic carbocycles. The molecule has 2 rings (SSSR count). The Balaban J connectivity index is 2.12. The fraction of sp³-hybridized carbons (Fsp3) is 0.625. The molecule has 18 heavy (non-hydrogen) atoms. The second-order valence-electron chi connectivity index (χ2n) is 5.71. The molecule has 0 heterocycles. The van der Waals surface area contributed by atoms with Gasteiger partial charge in [0.05, 0.1) is 6.10 Å². The second-order valence-corrected chi connectivity index (χ2v) is 6.14. The molecular weight excluding hydrogens is 244 g/mol. The van der Waals surface area contributed by atoms with Crippen molar-refractivity contribution in [3.05, 3.63) is 34.3 Å². The molecule has 1 N–H and O–H groups in total. The third-order valence-corrected chi connectivity index (χ3v) is 4.47. The first kappa shape index (κ1) is 13.9. The average Bonchev–Trinajstić information content (AvgIpc) is 2.37. The van der Waals surface area contributed by atoms with Crippen LogP contribution in [-0.2, 0) is 0 Å². The number of aliphatic hydroxyl groups excluding tert-OH is 1. The lowest BCUT2D eigenvalue weighted by Gasteiger charge is -2.32. The highest BCUT2D eigenvalue weighted by molar-refractivity contribution is 6.30. The van der Waals surface area contributed by atoms with E-state index in [-0.39, 0.29) is 6.10 Å².